The molecule has 90 valence electrons. The average molecular weight is 229 g/mol. The van der Waals surface area contributed by atoms with Gasteiger partial charge in [-0.1, -0.05) is 37.3 Å². The number of hydrogen-bond acceptors (Lipinski definition) is 1. The summed E-state index contributed by atoms with van der Waals surface area (Å²) in [6, 6.07) is 3.80. The molecule has 1 heterocycles. The van der Waals surface area contributed by atoms with Crippen molar-refractivity contribution in [3.63, 3.8) is 0 Å². The smallest absolute Gasteiger partial charge is 0.255 e. The number of H-pyrrole nitrogens is 1. The van der Waals surface area contributed by atoms with Gasteiger partial charge in [-0.2, -0.15) is 0 Å². The Labute approximate surface area is 102 Å². The summed E-state index contributed by atoms with van der Waals surface area (Å²) < 4.78 is 0. The van der Waals surface area contributed by atoms with Crippen molar-refractivity contribution in [2.45, 2.75) is 27.2 Å². The number of aromatic amines is 1. The van der Waals surface area contributed by atoms with E-state index >= 15 is 0 Å². The van der Waals surface area contributed by atoms with E-state index in [9.17, 15) is 4.79 Å². The lowest BCUT2D eigenvalue weighted by molar-refractivity contribution is 1.11. The fourth-order valence-electron chi connectivity index (χ4n) is 1.52. The quantitative estimate of drug-likeness (QED) is 0.786. The molecule has 0 amide bonds. The molecule has 0 aliphatic heterocycles. The summed E-state index contributed by atoms with van der Waals surface area (Å²) in [5.74, 6) is 0. The Hall–Kier alpha value is -1.83. The minimum atomic E-state index is -0.0252. The van der Waals surface area contributed by atoms with Crippen LogP contribution in [0.3, 0.4) is 0 Å². The molecule has 0 atom stereocenters. The molecule has 17 heavy (non-hydrogen) atoms. The van der Waals surface area contributed by atoms with Crippen molar-refractivity contribution in [3.8, 4) is 0 Å². The Bertz CT molecular complexity index is 518. The van der Waals surface area contributed by atoms with Crippen molar-refractivity contribution in [1.82, 2.24) is 4.98 Å². The Morgan fingerprint density at radius 3 is 2.65 bits per heavy atom. The third kappa shape index (κ3) is 3.59. The second-order valence-corrected chi connectivity index (χ2v) is 4.04. The van der Waals surface area contributed by atoms with Gasteiger partial charge in [0.25, 0.3) is 5.56 Å². The van der Waals surface area contributed by atoms with Gasteiger partial charge in [-0.15, -0.1) is 0 Å². The predicted octanol–water partition coefficient (Wildman–Crippen LogP) is 3.61. The van der Waals surface area contributed by atoms with Crippen LogP contribution in [0, 0.1) is 6.92 Å². The van der Waals surface area contributed by atoms with Crippen molar-refractivity contribution >= 4 is 5.57 Å². The summed E-state index contributed by atoms with van der Waals surface area (Å²) in [6.07, 6.45) is 6.58. The number of aromatic nitrogens is 1. The van der Waals surface area contributed by atoms with Crippen molar-refractivity contribution in [3.05, 3.63) is 64.1 Å². The summed E-state index contributed by atoms with van der Waals surface area (Å²) in [7, 11) is 0. The SMILES string of the molecule is C=C/C(C)=C/C=C(\CC)c1ccc(C)[nH]c1=O. The predicted molar refractivity (Wildman–Crippen MR) is 74.0 cm³/mol. The van der Waals surface area contributed by atoms with Gasteiger partial charge in [0, 0.05) is 11.3 Å². The standard InChI is InChI=1S/C15H19NO/c1-5-11(3)7-9-13(6-2)14-10-8-12(4)16-15(14)17/h5,7-10H,1,6H2,2-4H3,(H,16,17)/b11-7+,13-9+. The summed E-state index contributed by atoms with van der Waals surface area (Å²) >= 11 is 0. The molecule has 0 radical (unpaired) electrons. The van der Waals surface area contributed by atoms with Crippen LogP contribution < -0.4 is 5.56 Å². The maximum absolute atomic E-state index is 11.8. The van der Waals surface area contributed by atoms with Gasteiger partial charge in [-0.3, -0.25) is 4.79 Å². The number of pyridine rings is 1. The first kappa shape index (κ1) is 13.2. The first-order valence-corrected chi connectivity index (χ1v) is 5.78. The molecular formula is C15H19NO. The lowest BCUT2D eigenvalue weighted by Gasteiger charge is -2.03. The van der Waals surface area contributed by atoms with E-state index in [1.165, 1.54) is 0 Å². The second kappa shape index (κ2) is 6.04. The Morgan fingerprint density at radius 2 is 2.12 bits per heavy atom. The monoisotopic (exact) mass is 229 g/mol. The van der Waals surface area contributed by atoms with Gasteiger partial charge in [0.2, 0.25) is 0 Å². The molecule has 2 nitrogen and oxygen atoms in total. The van der Waals surface area contributed by atoms with E-state index in [1.807, 2.05) is 45.1 Å². The van der Waals surface area contributed by atoms with E-state index in [-0.39, 0.29) is 5.56 Å². The molecule has 0 aromatic carbocycles. The number of rotatable bonds is 4. The van der Waals surface area contributed by atoms with E-state index in [0.29, 0.717) is 0 Å². The number of allylic oxidation sites excluding steroid dienone is 5. The van der Waals surface area contributed by atoms with Crippen LogP contribution in [0.1, 0.15) is 31.5 Å². The molecular weight excluding hydrogens is 210 g/mol. The zero-order valence-corrected chi connectivity index (χ0v) is 10.7. The Kier molecular flexibility index (Phi) is 4.70. The minimum absolute atomic E-state index is 0.0252. The summed E-state index contributed by atoms with van der Waals surface area (Å²) in [6.45, 7) is 9.60. The zero-order chi connectivity index (χ0) is 12.8. The fraction of sp³-hybridized carbons (Fsp3) is 0.267. The van der Waals surface area contributed by atoms with E-state index in [4.69, 9.17) is 0 Å². The van der Waals surface area contributed by atoms with Gasteiger partial charge in [-0.05, 0) is 38.0 Å². The fourth-order valence-corrected chi connectivity index (χ4v) is 1.52. The van der Waals surface area contributed by atoms with Crippen LogP contribution in [0.5, 0.6) is 0 Å². The molecule has 0 spiro atoms. The first-order valence-electron chi connectivity index (χ1n) is 5.78. The highest BCUT2D eigenvalue weighted by Crippen LogP contribution is 2.14. The van der Waals surface area contributed by atoms with Gasteiger partial charge >= 0.3 is 0 Å². The molecule has 0 aliphatic carbocycles. The molecule has 1 N–H and O–H groups in total. The zero-order valence-electron chi connectivity index (χ0n) is 10.7. The number of nitrogens with one attached hydrogen (secondary N) is 1. The topological polar surface area (TPSA) is 32.9 Å². The van der Waals surface area contributed by atoms with Crippen LogP contribution in [0.4, 0.5) is 0 Å². The van der Waals surface area contributed by atoms with Gasteiger partial charge in [-0.25, -0.2) is 0 Å². The van der Waals surface area contributed by atoms with Gasteiger partial charge in [0.15, 0.2) is 0 Å². The van der Waals surface area contributed by atoms with Gasteiger partial charge in [0.05, 0.1) is 0 Å². The molecule has 0 fully saturated rings. The maximum atomic E-state index is 11.8. The molecule has 0 aliphatic rings. The first-order chi connectivity index (χ1) is 8.08. The summed E-state index contributed by atoms with van der Waals surface area (Å²) in [5.41, 5.74) is 3.72. The van der Waals surface area contributed by atoms with Gasteiger partial charge in [0.1, 0.15) is 0 Å². The van der Waals surface area contributed by atoms with Gasteiger partial charge < -0.3 is 4.98 Å². The maximum Gasteiger partial charge on any atom is 0.255 e. The van der Waals surface area contributed by atoms with Crippen LogP contribution in [-0.2, 0) is 0 Å². The lowest BCUT2D eigenvalue weighted by Crippen LogP contribution is -2.12. The van der Waals surface area contributed by atoms with Crippen LogP contribution in [0.25, 0.3) is 5.57 Å². The Balaban J connectivity index is 3.19. The van der Waals surface area contributed by atoms with E-state index < -0.39 is 0 Å². The molecule has 0 saturated heterocycles. The average Bonchev–Trinajstić information content (AvgIpc) is 2.31. The highest BCUT2D eigenvalue weighted by molar-refractivity contribution is 5.66. The van der Waals surface area contributed by atoms with E-state index in [0.717, 1.165) is 28.8 Å². The minimum Gasteiger partial charge on any atom is -0.326 e. The molecule has 0 saturated carbocycles. The van der Waals surface area contributed by atoms with Crippen LogP contribution in [0.15, 0.2) is 47.3 Å². The summed E-state index contributed by atoms with van der Waals surface area (Å²) in [4.78, 5) is 14.6. The lowest BCUT2D eigenvalue weighted by atomic mass is 10.0. The highest BCUT2D eigenvalue weighted by atomic mass is 16.1. The third-order valence-corrected chi connectivity index (χ3v) is 2.65. The van der Waals surface area contributed by atoms with E-state index in [2.05, 4.69) is 11.6 Å². The molecule has 0 unspecified atom stereocenters. The van der Waals surface area contributed by atoms with Crippen molar-refractivity contribution in [1.29, 1.82) is 0 Å². The van der Waals surface area contributed by atoms with Crippen LogP contribution in [0.2, 0.25) is 0 Å². The number of hydrogen-bond donors (Lipinski definition) is 1. The van der Waals surface area contributed by atoms with Crippen molar-refractivity contribution in [2.75, 3.05) is 0 Å². The highest BCUT2D eigenvalue weighted by Gasteiger charge is 2.03. The second-order valence-electron chi connectivity index (χ2n) is 4.04. The molecule has 1 aromatic heterocycles. The molecule has 1 rings (SSSR count). The normalized spacial score (nSPS) is 12.6. The van der Waals surface area contributed by atoms with E-state index in [1.54, 1.807) is 6.08 Å². The molecule has 1 aromatic rings. The van der Waals surface area contributed by atoms with Crippen molar-refractivity contribution in [2.24, 2.45) is 0 Å². The Morgan fingerprint density at radius 1 is 1.41 bits per heavy atom. The van der Waals surface area contributed by atoms with Crippen molar-refractivity contribution < 1.29 is 0 Å². The largest absolute Gasteiger partial charge is 0.326 e. The van der Waals surface area contributed by atoms with Crippen LogP contribution in [-0.4, -0.2) is 4.98 Å². The molecule has 2 heteroatoms. The summed E-state index contributed by atoms with van der Waals surface area (Å²) in [5, 5.41) is 0. The number of aryl methyl sites for hydroxylation is 1. The van der Waals surface area contributed by atoms with Crippen LogP contribution >= 0.6 is 0 Å². The third-order valence-electron chi connectivity index (χ3n) is 2.65. The molecule has 0 bridgehead atoms.